The molecule has 2 aliphatic rings. The number of carbonyl (C=O) groups excluding carboxylic acids is 1. The molecule has 0 bridgehead atoms. The molecule has 2 aromatic carbocycles. The third-order valence-electron chi connectivity index (χ3n) is 6.64. The summed E-state index contributed by atoms with van der Waals surface area (Å²) in [5, 5.41) is 4.41. The lowest BCUT2D eigenvalue weighted by Gasteiger charge is -2.30. The molecule has 4 nitrogen and oxygen atoms in total. The molecule has 2 fully saturated rings. The number of thiophene rings is 1. The first-order chi connectivity index (χ1) is 15.2. The molecule has 5 heteroatoms. The Bertz CT molecular complexity index is 1040. The average Bonchev–Trinajstić information content (AvgIpc) is 3.44. The molecule has 0 radical (unpaired) electrons. The summed E-state index contributed by atoms with van der Waals surface area (Å²) in [4.78, 5) is 13.9. The number of hydrogen-bond acceptors (Lipinski definition) is 4. The van der Waals surface area contributed by atoms with Crippen molar-refractivity contribution >= 4 is 27.3 Å². The standard InChI is InChI=1S/C26H29NO3S/c1-29-23-11-10-17(15-24(23)30-21-7-3-4-8-21)20-12-19(26(28)27-16-20)14-22-13-18-6-2-5-9-25(18)31-22/h2,5-6,9-11,13,15,19-21H,3-4,7-8,12,14,16H2,1H3,(H,27,28)/t19-,20-/m1/s1. The fraction of sp³-hybridized carbons (Fsp3) is 0.423. The van der Waals surface area contributed by atoms with Gasteiger partial charge in [0.1, 0.15) is 0 Å². The number of nitrogens with one attached hydrogen (secondary N) is 1. The van der Waals surface area contributed by atoms with E-state index in [0.29, 0.717) is 6.54 Å². The Morgan fingerprint density at radius 1 is 1.06 bits per heavy atom. The van der Waals surface area contributed by atoms with Crippen LogP contribution in [0.1, 0.15) is 48.5 Å². The second-order valence-corrected chi connectivity index (χ2v) is 9.93. The number of ether oxygens (including phenoxy) is 2. The molecule has 31 heavy (non-hydrogen) atoms. The minimum Gasteiger partial charge on any atom is -0.493 e. The van der Waals surface area contributed by atoms with Gasteiger partial charge in [-0.1, -0.05) is 24.3 Å². The topological polar surface area (TPSA) is 47.6 Å². The summed E-state index contributed by atoms with van der Waals surface area (Å²) in [6.45, 7) is 0.678. The van der Waals surface area contributed by atoms with Gasteiger partial charge in [0.05, 0.1) is 13.2 Å². The van der Waals surface area contributed by atoms with Gasteiger partial charge in [-0.15, -0.1) is 11.3 Å². The molecule has 3 aromatic rings. The molecule has 2 heterocycles. The molecule has 1 N–H and O–H groups in total. The van der Waals surface area contributed by atoms with Crippen molar-refractivity contribution in [2.45, 2.75) is 50.5 Å². The van der Waals surface area contributed by atoms with Crippen molar-refractivity contribution in [2.24, 2.45) is 5.92 Å². The van der Waals surface area contributed by atoms with Gasteiger partial charge in [0.15, 0.2) is 11.5 Å². The minimum atomic E-state index is -0.00638. The highest BCUT2D eigenvalue weighted by atomic mass is 32.1. The maximum absolute atomic E-state index is 12.6. The molecule has 0 unspecified atom stereocenters. The highest BCUT2D eigenvalue weighted by Gasteiger charge is 2.30. The van der Waals surface area contributed by atoms with E-state index in [4.69, 9.17) is 9.47 Å². The van der Waals surface area contributed by atoms with Crippen molar-refractivity contribution < 1.29 is 14.3 Å². The zero-order valence-corrected chi connectivity index (χ0v) is 18.8. The number of benzene rings is 2. The second-order valence-electron chi connectivity index (χ2n) is 8.76. The van der Waals surface area contributed by atoms with Gasteiger partial charge in [-0.05, 0) is 73.7 Å². The van der Waals surface area contributed by atoms with Crippen molar-refractivity contribution in [1.82, 2.24) is 5.32 Å². The van der Waals surface area contributed by atoms with Crippen LogP contribution in [0.3, 0.4) is 0 Å². The average molecular weight is 436 g/mol. The SMILES string of the molecule is COc1ccc([C@H]2CNC(=O)[C@@H](Cc3cc4ccccc4s3)C2)cc1OC1CCCC1. The summed E-state index contributed by atoms with van der Waals surface area (Å²) < 4.78 is 13.1. The van der Waals surface area contributed by atoms with E-state index >= 15 is 0 Å². The number of carbonyl (C=O) groups is 1. The van der Waals surface area contributed by atoms with Crippen molar-refractivity contribution in [3.05, 3.63) is 59.0 Å². The highest BCUT2D eigenvalue weighted by Crippen LogP contribution is 2.37. The molecule has 1 saturated carbocycles. The lowest BCUT2D eigenvalue weighted by atomic mass is 9.83. The normalized spacial score (nSPS) is 21.9. The molecule has 5 rings (SSSR count). The van der Waals surface area contributed by atoms with Crippen LogP contribution in [0.15, 0.2) is 48.5 Å². The lowest BCUT2D eigenvalue weighted by Crippen LogP contribution is -2.41. The maximum atomic E-state index is 12.6. The smallest absolute Gasteiger partial charge is 0.223 e. The molecule has 162 valence electrons. The van der Waals surface area contributed by atoms with Gasteiger partial charge in [0.2, 0.25) is 5.91 Å². The van der Waals surface area contributed by atoms with E-state index in [1.165, 1.54) is 33.4 Å². The van der Waals surface area contributed by atoms with Crippen LogP contribution in [0.4, 0.5) is 0 Å². The Morgan fingerprint density at radius 3 is 2.71 bits per heavy atom. The molecular formula is C26H29NO3S. The third kappa shape index (κ3) is 4.42. The summed E-state index contributed by atoms with van der Waals surface area (Å²) >= 11 is 1.80. The van der Waals surface area contributed by atoms with Gasteiger partial charge in [0, 0.05) is 28.0 Å². The summed E-state index contributed by atoms with van der Waals surface area (Å²) in [5.41, 5.74) is 1.22. The maximum Gasteiger partial charge on any atom is 0.223 e. The lowest BCUT2D eigenvalue weighted by molar-refractivity contribution is -0.126. The quantitative estimate of drug-likeness (QED) is 0.541. The molecule has 1 aliphatic carbocycles. The second kappa shape index (κ2) is 8.91. The van der Waals surface area contributed by atoms with E-state index in [1.807, 2.05) is 6.07 Å². The Balaban J connectivity index is 1.33. The van der Waals surface area contributed by atoms with Crippen molar-refractivity contribution in [3.63, 3.8) is 0 Å². The fourth-order valence-electron chi connectivity index (χ4n) is 4.94. The van der Waals surface area contributed by atoms with Crippen LogP contribution in [-0.2, 0) is 11.2 Å². The summed E-state index contributed by atoms with van der Waals surface area (Å²) in [6, 6.07) is 16.9. The molecule has 1 aromatic heterocycles. The zero-order valence-electron chi connectivity index (χ0n) is 17.9. The van der Waals surface area contributed by atoms with Gasteiger partial charge in [-0.2, -0.15) is 0 Å². The van der Waals surface area contributed by atoms with E-state index in [0.717, 1.165) is 37.2 Å². The minimum absolute atomic E-state index is 0.00638. The monoisotopic (exact) mass is 435 g/mol. The Hall–Kier alpha value is -2.53. The number of fused-ring (bicyclic) bond motifs is 1. The number of piperidine rings is 1. The van der Waals surface area contributed by atoms with E-state index < -0.39 is 0 Å². The van der Waals surface area contributed by atoms with Crippen LogP contribution in [0, 0.1) is 5.92 Å². The molecule has 2 atom stereocenters. The van der Waals surface area contributed by atoms with Crippen LogP contribution in [0.2, 0.25) is 0 Å². The Morgan fingerprint density at radius 2 is 1.90 bits per heavy atom. The molecule has 1 saturated heterocycles. The molecular weight excluding hydrogens is 406 g/mol. The fourth-order valence-corrected chi connectivity index (χ4v) is 6.08. The first kappa shape index (κ1) is 20.4. The molecule has 1 amide bonds. The Labute approximate surface area is 187 Å². The third-order valence-corrected chi connectivity index (χ3v) is 7.78. The van der Waals surface area contributed by atoms with E-state index in [-0.39, 0.29) is 23.8 Å². The number of methoxy groups -OCH3 is 1. The van der Waals surface area contributed by atoms with E-state index in [1.54, 1.807) is 18.4 Å². The van der Waals surface area contributed by atoms with Gasteiger partial charge in [-0.3, -0.25) is 4.79 Å². The van der Waals surface area contributed by atoms with Crippen LogP contribution in [-0.4, -0.2) is 25.7 Å². The zero-order chi connectivity index (χ0) is 21.2. The summed E-state index contributed by atoms with van der Waals surface area (Å²) in [5.74, 6) is 2.08. The number of hydrogen-bond donors (Lipinski definition) is 1. The summed E-state index contributed by atoms with van der Waals surface area (Å²) in [6.07, 6.45) is 6.64. The first-order valence-electron chi connectivity index (χ1n) is 11.3. The molecule has 1 aliphatic heterocycles. The first-order valence-corrected chi connectivity index (χ1v) is 12.1. The van der Waals surface area contributed by atoms with Crippen LogP contribution in [0.5, 0.6) is 11.5 Å². The largest absolute Gasteiger partial charge is 0.493 e. The number of amides is 1. The van der Waals surface area contributed by atoms with Crippen LogP contribution < -0.4 is 14.8 Å². The van der Waals surface area contributed by atoms with E-state index in [9.17, 15) is 4.79 Å². The van der Waals surface area contributed by atoms with Gasteiger partial charge in [-0.25, -0.2) is 0 Å². The van der Waals surface area contributed by atoms with Gasteiger partial charge < -0.3 is 14.8 Å². The van der Waals surface area contributed by atoms with Crippen molar-refractivity contribution in [1.29, 1.82) is 0 Å². The predicted octanol–water partition coefficient (Wildman–Crippen LogP) is 5.69. The van der Waals surface area contributed by atoms with E-state index in [2.05, 4.69) is 47.8 Å². The van der Waals surface area contributed by atoms with Gasteiger partial charge >= 0.3 is 0 Å². The Kier molecular flexibility index (Phi) is 5.86. The van der Waals surface area contributed by atoms with Crippen LogP contribution >= 0.6 is 11.3 Å². The predicted molar refractivity (Wildman–Crippen MR) is 125 cm³/mol. The summed E-state index contributed by atoms with van der Waals surface area (Å²) in [7, 11) is 1.69. The van der Waals surface area contributed by atoms with Gasteiger partial charge in [0.25, 0.3) is 0 Å². The molecule has 0 spiro atoms. The van der Waals surface area contributed by atoms with Crippen LogP contribution in [0.25, 0.3) is 10.1 Å². The van der Waals surface area contributed by atoms with Crippen molar-refractivity contribution in [2.75, 3.05) is 13.7 Å². The highest BCUT2D eigenvalue weighted by molar-refractivity contribution is 7.19. The van der Waals surface area contributed by atoms with Crippen molar-refractivity contribution in [3.8, 4) is 11.5 Å². The number of rotatable bonds is 6.